The van der Waals surface area contributed by atoms with E-state index < -0.39 is 16.4 Å². The predicted molar refractivity (Wildman–Crippen MR) is 109 cm³/mol. The van der Waals surface area contributed by atoms with Crippen LogP contribution in [0.25, 0.3) is 11.3 Å². The van der Waals surface area contributed by atoms with E-state index in [0.717, 1.165) is 10.2 Å². The normalized spacial score (nSPS) is 10.3. The number of anilines is 1. The zero-order chi connectivity index (χ0) is 21.7. The van der Waals surface area contributed by atoms with Gasteiger partial charge in [-0.3, -0.25) is 19.7 Å². The average Bonchev–Trinajstić information content (AvgIpc) is 2.75. The van der Waals surface area contributed by atoms with E-state index in [0.29, 0.717) is 11.4 Å². The smallest absolute Gasteiger partial charge is 0.273 e. The molecule has 0 aliphatic carbocycles. The number of amides is 1. The van der Waals surface area contributed by atoms with Crippen molar-refractivity contribution in [1.82, 2.24) is 9.78 Å². The molecular formula is C20H18N4O6. The first kappa shape index (κ1) is 20.5. The van der Waals surface area contributed by atoms with Crippen LogP contribution in [0.2, 0.25) is 0 Å². The molecule has 0 saturated carbocycles. The fourth-order valence-electron chi connectivity index (χ4n) is 2.72. The van der Waals surface area contributed by atoms with Crippen molar-refractivity contribution in [2.24, 2.45) is 0 Å². The molecule has 3 rings (SSSR count). The molecule has 10 heteroatoms. The van der Waals surface area contributed by atoms with Crippen molar-refractivity contribution < 1.29 is 19.2 Å². The predicted octanol–water partition coefficient (Wildman–Crippen LogP) is 2.47. The van der Waals surface area contributed by atoms with Crippen molar-refractivity contribution in [2.45, 2.75) is 6.54 Å². The fraction of sp³-hybridized carbons (Fsp3) is 0.150. The number of nitrogens with one attached hydrogen (secondary N) is 1. The molecule has 1 N–H and O–H groups in total. The highest BCUT2D eigenvalue weighted by Gasteiger charge is 2.15. The molecule has 0 atom stereocenters. The zero-order valence-corrected chi connectivity index (χ0v) is 16.2. The standard InChI is InChI=1S/C20H18N4O6/c1-29-15-5-3-4-13(10-15)16-8-9-20(26)23(22-16)12-19(25)21-17-7-6-14(24(27)28)11-18(17)30-2/h3-11H,12H2,1-2H3,(H,21,25). The summed E-state index contributed by atoms with van der Waals surface area (Å²) in [6.07, 6.45) is 0. The summed E-state index contributed by atoms with van der Waals surface area (Å²) >= 11 is 0. The van der Waals surface area contributed by atoms with Gasteiger partial charge in [-0.25, -0.2) is 4.68 Å². The molecule has 0 bridgehead atoms. The van der Waals surface area contributed by atoms with E-state index in [1.807, 2.05) is 6.07 Å². The van der Waals surface area contributed by atoms with Crippen molar-refractivity contribution in [3.05, 3.63) is 75.1 Å². The number of nitrogens with zero attached hydrogens (tertiary/aromatic N) is 3. The largest absolute Gasteiger partial charge is 0.497 e. The van der Waals surface area contributed by atoms with Crippen LogP contribution in [0.4, 0.5) is 11.4 Å². The third-order valence-electron chi connectivity index (χ3n) is 4.20. The maximum Gasteiger partial charge on any atom is 0.273 e. The molecular weight excluding hydrogens is 392 g/mol. The maximum absolute atomic E-state index is 12.4. The minimum Gasteiger partial charge on any atom is -0.497 e. The Morgan fingerprint density at radius 3 is 2.63 bits per heavy atom. The molecule has 0 aliphatic heterocycles. The number of hydrogen-bond acceptors (Lipinski definition) is 7. The molecule has 0 spiro atoms. The lowest BCUT2D eigenvalue weighted by molar-refractivity contribution is -0.384. The number of nitro benzene ring substituents is 1. The van der Waals surface area contributed by atoms with Gasteiger partial charge in [0.25, 0.3) is 11.2 Å². The van der Waals surface area contributed by atoms with E-state index in [2.05, 4.69) is 10.4 Å². The van der Waals surface area contributed by atoms with Gasteiger partial charge in [0.15, 0.2) is 0 Å². The number of methoxy groups -OCH3 is 2. The summed E-state index contributed by atoms with van der Waals surface area (Å²) in [5, 5.41) is 17.7. The number of carbonyl (C=O) groups excluding carboxylic acids is 1. The Kier molecular flexibility index (Phi) is 6.06. The van der Waals surface area contributed by atoms with E-state index in [9.17, 15) is 19.7 Å². The Morgan fingerprint density at radius 1 is 1.13 bits per heavy atom. The molecule has 0 unspecified atom stereocenters. The lowest BCUT2D eigenvalue weighted by atomic mass is 10.1. The van der Waals surface area contributed by atoms with Crippen molar-refractivity contribution in [2.75, 3.05) is 19.5 Å². The number of hydrogen-bond donors (Lipinski definition) is 1. The number of ether oxygens (including phenoxy) is 2. The van der Waals surface area contributed by atoms with Crippen LogP contribution >= 0.6 is 0 Å². The van der Waals surface area contributed by atoms with Gasteiger partial charge in [0.05, 0.1) is 36.6 Å². The summed E-state index contributed by atoms with van der Waals surface area (Å²) in [6.45, 7) is -0.350. The summed E-state index contributed by atoms with van der Waals surface area (Å²) < 4.78 is 11.3. The van der Waals surface area contributed by atoms with E-state index >= 15 is 0 Å². The van der Waals surface area contributed by atoms with Gasteiger partial charge >= 0.3 is 0 Å². The van der Waals surface area contributed by atoms with Gasteiger partial charge < -0.3 is 14.8 Å². The van der Waals surface area contributed by atoms with Crippen molar-refractivity contribution in [1.29, 1.82) is 0 Å². The van der Waals surface area contributed by atoms with Crippen LogP contribution in [0.1, 0.15) is 0 Å². The van der Waals surface area contributed by atoms with E-state index in [1.54, 1.807) is 31.4 Å². The molecule has 3 aromatic rings. The Balaban J connectivity index is 1.82. The lowest BCUT2D eigenvalue weighted by Crippen LogP contribution is -2.29. The minimum absolute atomic E-state index is 0.128. The van der Waals surface area contributed by atoms with Gasteiger partial charge in [0, 0.05) is 17.7 Å². The SMILES string of the molecule is COc1cccc(-c2ccc(=O)n(CC(=O)Nc3ccc([N+](=O)[O-])cc3OC)n2)c1. The highest BCUT2D eigenvalue weighted by molar-refractivity contribution is 5.92. The summed E-state index contributed by atoms with van der Waals surface area (Å²) in [7, 11) is 2.88. The lowest BCUT2D eigenvalue weighted by Gasteiger charge is -2.11. The Morgan fingerprint density at radius 2 is 1.93 bits per heavy atom. The van der Waals surface area contributed by atoms with Gasteiger partial charge in [-0.15, -0.1) is 0 Å². The van der Waals surface area contributed by atoms with Crippen molar-refractivity contribution in [3.8, 4) is 22.8 Å². The van der Waals surface area contributed by atoms with Crippen LogP contribution < -0.4 is 20.3 Å². The average molecular weight is 410 g/mol. The molecule has 1 amide bonds. The molecule has 1 heterocycles. The molecule has 0 aliphatic rings. The van der Waals surface area contributed by atoms with Crippen LogP contribution in [-0.2, 0) is 11.3 Å². The second-order valence-corrected chi connectivity index (χ2v) is 6.14. The number of non-ortho nitro benzene ring substituents is 1. The van der Waals surface area contributed by atoms with Crippen LogP contribution in [-0.4, -0.2) is 34.8 Å². The van der Waals surface area contributed by atoms with Crippen LogP contribution in [0, 0.1) is 10.1 Å². The van der Waals surface area contributed by atoms with Crippen LogP contribution in [0.3, 0.4) is 0 Å². The highest BCUT2D eigenvalue weighted by Crippen LogP contribution is 2.29. The third-order valence-corrected chi connectivity index (χ3v) is 4.20. The maximum atomic E-state index is 12.4. The zero-order valence-electron chi connectivity index (χ0n) is 16.2. The topological polar surface area (TPSA) is 126 Å². The minimum atomic E-state index is -0.568. The first-order chi connectivity index (χ1) is 14.4. The molecule has 2 aromatic carbocycles. The second kappa shape index (κ2) is 8.86. The molecule has 30 heavy (non-hydrogen) atoms. The van der Waals surface area contributed by atoms with Crippen LogP contribution in [0.5, 0.6) is 11.5 Å². The number of carbonyl (C=O) groups is 1. The van der Waals surface area contributed by atoms with E-state index in [1.165, 1.54) is 31.4 Å². The van der Waals surface area contributed by atoms with Crippen molar-refractivity contribution >= 4 is 17.3 Å². The molecule has 0 fully saturated rings. The first-order valence-corrected chi connectivity index (χ1v) is 8.76. The fourth-order valence-corrected chi connectivity index (χ4v) is 2.72. The third kappa shape index (κ3) is 4.61. The molecule has 154 valence electrons. The summed E-state index contributed by atoms with van der Waals surface area (Å²) in [5.41, 5.74) is 0.834. The monoisotopic (exact) mass is 410 g/mol. The Hall–Kier alpha value is -4.21. The summed E-state index contributed by atoms with van der Waals surface area (Å²) in [5.74, 6) is 0.220. The number of benzene rings is 2. The molecule has 0 radical (unpaired) electrons. The Bertz CT molecular complexity index is 1160. The van der Waals surface area contributed by atoms with Gasteiger partial charge in [-0.2, -0.15) is 5.10 Å². The first-order valence-electron chi connectivity index (χ1n) is 8.76. The van der Waals surface area contributed by atoms with Gasteiger partial charge in [-0.1, -0.05) is 12.1 Å². The van der Waals surface area contributed by atoms with E-state index in [4.69, 9.17) is 9.47 Å². The molecule has 10 nitrogen and oxygen atoms in total. The number of nitro groups is 1. The summed E-state index contributed by atoms with van der Waals surface area (Å²) in [6, 6.07) is 13.8. The van der Waals surface area contributed by atoms with Gasteiger partial charge in [0.1, 0.15) is 18.0 Å². The van der Waals surface area contributed by atoms with Crippen molar-refractivity contribution in [3.63, 3.8) is 0 Å². The quantitative estimate of drug-likeness (QED) is 0.468. The summed E-state index contributed by atoms with van der Waals surface area (Å²) in [4.78, 5) is 34.9. The Labute approximate surface area is 170 Å². The van der Waals surface area contributed by atoms with E-state index in [-0.39, 0.29) is 23.7 Å². The molecule has 0 saturated heterocycles. The highest BCUT2D eigenvalue weighted by atomic mass is 16.6. The number of rotatable bonds is 7. The van der Waals surface area contributed by atoms with Crippen LogP contribution in [0.15, 0.2) is 59.4 Å². The number of aromatic nitrogens is 2. The van der Waals surface area contributed by atoms with Gasteiger partial charge in [0.2, 0.25) is 5.91 Å². The second-order valence-electron chi connectivity index (χ2n) is 6.14. The molecule has 1 aromatic heterocycles. The van der Waals surface area contributed by atoms with Gasteiger partial charge in [-0.05, 0) is 24.3 Å².